The molecule has 0 radical (unpaired) electrons. The lowest BCUT2D eigenvalue weighted by Crippen LogP contribution is -2.16. The zero-order valence-electron chi connectivity index (χ0n) is 15.0. The third-order valence-electron chi connectivity index (χ3n) is 6.18. The summed E-state index contributed by atoms with van der Waals surface area (Å²) in [7, 11) is 0. The summed E-state index contributed by atoms with van der Waals surface area (Å²) in [6.45, 7) is 3.27. The molecule has 0 saturated heterocycles. The quantitative estimate of drug-likeness (QED) is 0.704. The van der Waals surface area contributed by atoms with Crippen molar-refractivity contribution in [1.29, 1.82) is 0 Å². The van der Waals surface area contributed by atoms with Gasteiger partial charge >= 0.3 is 0 Å². The van der Waals surface area contributed by atoms with Crippen LogP contribution in [0.5, 0.6) is 0 Å². The van der Waals surface area contributed by atoms with Crippen LogP contribution in [0.4, 0.5) is 0 Å². The normalized spacial score (nSPS) is 17.7. The average molecular weight is 332 g/mol. The van der Waals surface area contributed by atoms with Gasteiger partial charge in [-0.05, 0) is 67.2 Å². The number of Topliss-reactive ketones (excluding diaryl/α,β-unsaturated/α-hetero) is 2. The highest BCUT2D eigenvalue weighted by molar-refractivity contribution is 5.97. The molecule has 0 bridgehead atoms. The molecule has 0 aliphatic heterocycles. The number of ketones is 2. The topological polar surface area (TPSA) is 34.1 Å². The molecule has 0 atom stereocenters. The molecule has 0 aromatic heterocycles. The van der Waals surface area contributed by atoms with Crippen LogP contribution in [0.1, 0.15) is 71.4 Å². The molecule has 2 aliphatic carbocycles. The lowest BCUT2D eigenvalue weighted by atomic mass is 9.82. The van der Waals surface area contributed by atoms with Crippen molar-refractivity contribution in [3.63, 3.8) is 0 Å². The van der Waals surface area contributed by atoms with Gasteiger partial charge in [0.2, 0.25) is 0 Å². The van der Waals surface area contributed by atoms with Gasteiger partial charge in [-0.1, -0.05) is 49.2 Å². The van der Waals surface area contributed by atoms with Crippen LogP contribution in [0.25, 0.3) is 11.1 Å². The van der Waals surface area contributed by atoms with Crippen LogP contribution in [0, 0.1) is 5.41 Å². The highest BCUT2D eigenvalue weighted by atomic mass is 16.1. The van der Waals surface area contributed by atoms with Crippen molar-refractivity contribution < 1.29 is 9.59 Å². The predicted octanol–water partition coefficient (Wildman–Crippen LogP) is 5.42. The first-order valence-corrected chi connectivity index (χ1v) is 9.26. The standard InChI is InChI=1S/C23H24O2/c1-15(24)17-5-7-18(8-6-17)20-10-9-19(16(2)25)21-13-23(14-22(20)21)11-3-4-12-23/h5-10H,3-4,11-14H2,1-2H3. The van der Waals surface area contributed by atoms with Crippen molar-refractivity contribution in [2.45, 2.75) is 52.4 Å². The van der Waals surface area contributed by atoms with Crippen molar-refractivity contribution >= 4 is 11.6 Å². The third kappa shape index (κ3) is 2.74. The number of carbonyl (C=O) groups is 2. The van der Waals surface area contributed by atoms with Gasteiger partial charge in [-0.3, -0.25) is 9.59 Å². The molecule has 2 heteroatoms. The summed E-state index contributed by atoms with van der Waals surface area (Å²) < 4.78 is 0. The first-order valence-electron chi connectivity index (χ1n) is 9.26. The van der Waals surface area contributed by atoms with Crippen molar-refractivity contribution in [1.82, 2.24) is 0 Å². The molecule has 1 saturated carbocycles. The maximum Gasteiger partial charge on any atom is 0.160 e. The lowest BCUT2D eigenvalue weighted by Gasteiger charge is -2.21. The largest absolute Gasteiger partial charge is 0.295 e. The molecule has 1 spiro atoms. The molecule has 1 fully saturated rings. The van der Waals surface area contributed by atoms with Gasteiger partial charge in [0.15, 0.2) is 11.6 Å². The summed E-state index contributed by atoms with van der Waals surface area (Å²) in [5.74, 6) is 0.262. The molecule has 0 unspecified atom stereocenters. The molecule has 0 N–H and O–H groups in total. The predicted molar refractivity (Wildman–Crippen MR) is 100 cm³/mol. The van der Waals surface area contributed by atoms with Gasteiger partial charge < -0.3 is 0 Å². The summed E-state index contributed by atoms with van der Waals surface area (Å²) in [5.41, 5.74) is 7.05. The van der Waals surface area contributed by atoms with E-state index in [-0.39, 0.29) is 11.6 Å². The van der Waals surface area contributed by atoms with E-state index in [1.54, 1.807) is 13.8 Å². The molecular weight excluding hydrogens is 308 g/mol. The van der Waals surface area contributed by atoms with E-state index in [0.717, 1.165) is 29.5 Å². The minimum Gasteiger partial charge on any atom is -0.295 e. The van der Waals surface area contributed by atoms with Crippen molar-refractivity contribution in [3.8, 4) is 11.1 Å². The second kappa shape index (κ2) is 5.94. The zero-order chi connectivity index (χ0) is 17.6. The Hall–Kier alpha value is -2.22. The second-order valence-corrected chi connectivity index (χ2v) is 7.87. The van der Waals surface area contributed by atoms with Crippen LogP contribution in [0.15, 0.2) is 36.4 Å². The van der Waals surface area contributed by atoms with Gasteiger partial charge in [-0.2, -0.15) is 0 Å². The lowest BCUT2D eigenvalue weighted by molar-refractivity contribution is 0.100. The molecule has 2 aliphatic rings. The third-order valence-corrected chi connectivity index (χ3v) is 6.18. The summed E-state index contributed by atoms with van der Waals surface area (Å²) in [6.07, 6.45) is 7.32. The zero-order valence-corrected chi connectivity index (χ0v) is 15.0. The van der Waals surface area contributed by atoms with Crippen LogP contribution in [-0.2, 0) is 12.8 Å². The van der Waals surface area contributed by atoms with Crippen molar-refractivity contribution in [2.75, 3.05) is 0 Å². The van der Waals surface area contributed by atoms with E-state index in [1.165, 1.54) is 42.4 Å². The summed E-state index contributed by atoms with van der Waals surface area (Å²) in [5, 5.41) is 0. The smallest absolute Gasteiger partial charge is 0.160 e. The number of hydrogen-bond donors (Lipinski definition) is 0. The second-order valence-electron chi connectivity index (χ2n) is 7.87. The van der Waals surface area contributed by atoms with E-state index < -0.39 is 0 Å². The molecule has 2 aromatic carbocycles. The molecule has 128 valence electrons. The Balaban J connectivity index is 1.81. The summed E-state index contributed by atoms with van der Waals surface area (Å²) in [6, 6.07) is 12.0. The minimum atomic E-state index is 0.0913. The van der Waals surface area contributed by atoms with Crippen LogP contribution in [0.3, 0.4) is 0 Å². The van der Waals surface area contributed by atoms with Crippen molar-refractivity contribution in [3.05, 3.63) is 58.7 Å². The Morgan fingerprint density at radius 3 is 2.04 bits per heavy atom. The van der Waals surface area contributed by atoms with E-state index in [9.17, 15) is 9.59 Å². The van der Waals surface area contributed by atoms with Gasteiger partial charge in [0.25, 0.3) is 0 Å². The molecule has 0 heterocycles. The first kappa shape index (κ1) is 16.3. The number of carbonyl (C=O) groups excluding carboxylic acids is 2. The maximum atomic E-state index is 12.1. The highest BCUT2D eigenvalue weighted by Crippen LogP contribution is 2.51. The minimum absolute atomic E-state index is 0.0913. The molecule has 0 amide bonds. The number of rotatable bonds is 3. The van der Waals surface area contributed by atoms with E-state index in [1.807, 2.05) is 30.3 Å². The van der Waals surface area contributed by atoms with E-state index in [0.29, 0.717) is 5.41 Å². The maximum absolute atomic E-state index is 12.1. The molecule has 25 heavy (non-hydrogen) atoms. The molecular formula is C23H24O2. The van der Waals surface area contributed by atoms with Gasteiger partial charge in [0.05, 0.1) is 0 Å². The van der Waals surface area contributed by atoms with E-state index in [2.05, 4.69) is 6.07 Å². The fourth-order valence-electron chi connectivity index (χ4n) is 4.87. The SMILES string of the molecule is CC(=O)c1ccc(-c2ccc(C(C)=O)c3c2CC2(CCCC2)C3)cc1. The Kier molecular flexibility index (Phi) is 3.87. The summed E-state index contributed by atoms with van der Waals surface area (Å²) in [4.78, 5) is 23.7. The average Bonchev–Trinajstić information content (AvgIpc) is 3.20. The number of benzene rings is 2. The van der Waals surface area contributed by atoms with Crippen LogP contribution in [-0.4, -0.2) is 11.6 Å². The van der Waals surface area contributed by atoms with Gasteiger partial charge in [-0.15, -0.1) is 0 Å². The van der Waals surface area contributed by atoms with Gasteiger partial charge in [0, 0.05) is 11.1 Å². The highest BCUT2D eigenvalue weighted by Gasteiger charge is 2.41. The van der Waals surface area contributed by atoms with Gasteiger partial charge in [0.1, 0.15) is 0 Å². The van der Waals surface area contributed by atoms with Crippen LogP contribution in [0.2, 0.25) is 0 Å². The fourth-order valence-corrected chi connectivity index (χ4v) is 4.87. The monoisotopic (exact) mass is 332 g/mol. The van der Waals surface area contributed by atoms with Crippen molar-refractivity contribution in [2.24, 2.45) is 5.41 Å². The fraction of sp³-hybridized carbons (Fsp3) is 0.391. The van der Waals surface area contributed by atoms with Crippen LogP contribution < -0.4 is 0 Å². The Morgan fingerprint density at radius 2 is 1.44 bits per heavy atom. The van der Waals surface area contributed by atoms with Gasteiger partial charge in [-0.25, -0.2) is 0 Å². The Labute approximate surface area is 149 Å². The first-order chi connectivity index (χ1) is 12.0. The Bertz CT molecular complexity index is 852. The van der Waals surface area contributed by atoms with E-state index >= 15 is 0 Å². The molecule has 2 nitrogen and oxygen atoms in total. The Morgan fingerprint density at radius 1 is 0.800 bits per heavy atom. The summed E-state index contributed by atoms with van der Waals surface area (Å²) >= 11 is 0. The number of hydrogen-bond acceptors (Lipinski definition) is 2. The molecule has 2 aromatic rings. The van der Waals surface area contributed by atoms with Crippen LogP contribution >= 0.6 is 0 Å². The van der Waals surface area contributed by atoms with E-state index in [4.69, 9.17) is 0 Å². The number of fused-ring (bicyclic) bond motifs is 1. The molecule has 4 rings (SSSR count).